The first-order valence-electron chi connectivity index (χ1n) is 6.67. The standard InChI is InChI=1S/C16H18N2O/c1-12-5-3-7-16(17-12)18(2)14-9-8-13-6-4-10-19-15(13)11-14/h3,5,7-9,11H,4,6,10H2,1-2H3. The SMILES string of the molecule is Cc1cccc(N(C)c2ccc3c(c2)OCCC3)n1. The fourth-order valence-corrected chi connectivity index (χ4v) is 2.39. The van der Waals surface area contributed by atoms with E-state index in [0.717, 1.165) is 42.4 Å². The molecule has 2 aromatic rings. The van der Waals surface area contributed by atoms with Crippen LogP contribution in [-0.4, -0.2) is 18.6 Å². The van der Waals surface area contributed by atoms with Gasteiger partial charge in [0.05, 0.1) is 6.61 Å². The average molecular weight is 254 g/mol. The largest absolute Gasteiger partial charge is 0.493 e. The molecular weight excluding hydrogens is 236 g/mol. The van der Waals surface area contributed by atoms with Gasteiger partial charge in [-0.05, 0) is 43.5 Å². The summed E-state index contributed by atoms with van der Waals surface area (Å²) in [7, 11) is 2.03. The number of pyridine rings is 1. The van der Waals surface area contributed by atoms with E-state index in [1.807, 2.05) is 32.2 Å². The van der Waals surface area contributed by atoms with E-state index in [1.54, 1.807) is 0 Å². The molecule has 0 bridgehead atoms. The number of hydrogen-bond acceptors (Lipinski definition) is 3. The van der Waals surface area contributed by atoms with Crippen molar-refractivity contribution in [2.24, 2.45) is 0 Å². The quantitative estimate of drug-likeness (QED) is 0.820. The van der Waals surface area contributed by atoms with Crippen LogP contribution in [-0.2, 0) is 6.42 Å². The second kappa shape index (κ2) is 4.92. The fraction of sp³-hybridized carbons (Fsp3) is 0.312. The van der Waals surface area contributed by atoms with Crippen molar-refractivity contribution in [3.05, 3.63) is 47.7 Å². The van der Waals surface area contributed by atoms with Crippen molar-refractivity contribution in [2.45, 2.75) is 19.8 Å². The van der Waals surface area contributed by atoms with Gasteiger partial charge in [-0.1, -0.05) is 12.1 Å². The molecule has 0 aliphatic carbocycles. The zero-order chi connectivity index (χ0) is 13.2. The van der Waals surface area contributed by atoms with Crippen LogP contribution in [0.5, 0.6) is 5.75 Å². The van der Waals surface area contributed by atoms with Crippen LogP contribution in [0.15, 0.2) is 36.4 Å². The molecule has 1 aromatic heterocycles. The number of anilines is 2. The highest BCUT2D eigenvalue weighted by molar-refractivity contribution is 5.62. The molecular formula is C16H18N2O. The molecule has 1 aromatic carbocycles. The average Bonchev–Trinajstić information content (AvgIpc) is 2.46. The van der Waals surface area contributed by atoms with E-state index in [2.05, 4.69) is 28.1 Å². The monoisotopic (exact) mass is 254 g/mol. The van der Waals surface area contributed by atoms with E-state index in [4.69, 9.17) is 4.74 Å². The molecule has 0 N–H and O–H groups in total. The highest BCUT2D eigenvalue weighted by Gasteiger charge is 2.13. The van der Waals surface area contributed by atoms with E-state index in [-0.39, 0.29) is 0 Å². The van der Waals surface area contributed by atoms with Crippen molar-refractivity contribution in [1.29, 1.82) is 0 Å². The summed E-state index contributed by atoms with van der Waals surface area (Å²) >= 11 is 0. The number of fused-ring (bicyclic) bond motifs is 1. The fourth-order valence-electron chi connectivity index (χ4n) is 2.39. The molecule has 0 fully saturated rings. The van der Waals surface area contributed by atoms with Gasteiger partial charge in [0.25, 0.3) is 0 Å². The number of benzene rings is 1. The Morgan fingerprint density at radius 3 is 2.95 bits per heavy atom. The van der Waals surface area contributed by atoms with Crippen molar-refractivity contribution in [1.82, 2.24) is 4.98 Å². The van der Waals surface area contributed by atoms with Crippen molar-refractivity contribution in [3.8, 4) is 5.75 Å². The minimum atomic E-state index is 0.822. The number of rotatable bonds is 2. The zero-order valence-electron chi connectivity index (χ0n) is 11.4. The third kappa shape index (κ3) is 2.41. The summed E-state index contributed by atoms with van der Waals surface area (Å²) < 4.78 is 5.73. The molecule has 1 aliphatic heterocycles. The van der Waals surface area contributed by atoms with Gasteiger partial charge >= 0.3 is 0 Å². The molecule has 0 saturated heterocycles. The normalized spacial score (nSPS) is 13.6. The molecule has 1 aliphatic rings. The van der Waals surface area contributed by atoms with Crippen LogP contribution in [0.25, 0.3) is 0 Å². The molecule has 0 radical (unpaired) electrons. The molecule has 0 spiro atoms. The van der Waals surface area contributed by atoms with Crippen LogP contribution in [0, 0.1) is 6.92 Å². The molecule has 3 rings (SSSR count). The Morgan fingerprint density at radius 1 is 1.21 bits per heavy atom. The van der Waals surface area contributed by atoms with E-state index >= 15 is 0 Å². The minimum absolute atomic E-state index is 0.822. The second-order valence-corrected chi connectivity index (χ2v) is 4.94. The van der Waals surface area contributed by atoms with Crippen LogP contribution in [0.1, 0.15) is 17.7 Å². The Bertz CT molecular complexity index is 595. The van der Waals surface area contributed by atoms with Crippen molar-refractivity contribution >= 4 is 11.5 Å². The summed E-state index contributed by atoms with van der Waals surface area (Å²) in [5, 5.41) is 0. The lowest BCUT2D eigenvalue weighted by Crippen LogP contribution is -2.13. The first-order valence-corrected chi connectivity index (χ1v) is 6.67. The molecule has 2 heterocycles. The molecule has 0 unspecified atom stereocenters. The predicted octanol–water partition coefficient (Wildman–Crippen LogP) is 3.48. The van der Waals surface area contributed by atoms with Crippen molar-refractivity contribution < 1.29 is 4.74 Å². The van der Waals surface area contributed by atoms with Gasteiger partial charge in [-0.3, -0.25) is 0 Å². The van der Waals surface area contributed by atoms with Gasteiger partial charge in [-0.2, -0.15) is 0 Å². The van der Waals surface area contributed by atoms with Crippen LogP contribution < -0.4 is 9.64 Å². The Hall–Kier alpha value is -2.03. The Kier molecular flexibility index (Phi) is 3.11. The summed E-state index contributed by atoms with van der Waals surface area (Å²) in [5.74, 6) is 1.97. The van der Waals surface area contributed by atoms with Crippen LogP contribution in [0.4, 0.5) is 11.5 Å². The number of hydrogen-bond donors (Lipinski definition) is 0. The van der Waals surface area contributed by atoms with Gasteiger partial charge in [-0.15, -0.1) is 0 Å². The van der Waals surface area contributed by atoms with Gasteiger partial charge in [-0.25, -0.2) is 4.98 Å². The number of aromatic nitrogens is 1. The topological polar surface area (TPSA) is 25.4 Å². The van der Waals surface area contributed by atoms with Crippen LogP contribution in [0.2, 0.25) is 0 Å². The smallest absolute Gasteiger partial charge is 0.132 e. The molecule has 0 amide bonds. The van der Waals surface area contributed by atoms with Crippen LogP contribution >= 0.6 is 0 Å². The lowest BCUT2D eigenvalue weighted by atomic mass is 10.1. The van der Waals surface area contributed by atoms with E-state index < -0.39 is 0 Å². The summed E-state index contributed by atoms with van der Waals surface area (Å²) in [4.78, 5) is 6.64. The summed E-state index contributed by atoms with van der Waals surface area (Å²) in [6.45, 7) is 2.83. The van der Waals surface area contributed by atoms with E-state index in [9.17, 15) is 0 Å². The lowest BCUT2D eigenvalue weighted by Gasteiger charge is -2.22. The van der Waals surface area contributed by atoms with E-state index in [1.165, 1.54) is 5.56 Å². The summed E-state index contributed by atoms with van der Waals surface area (Å²) in [6, 6.07) is 12.5. The molecule has 0 atom stereocenters. The molecule has 3 nitrogen and oxygen atoms in total. The van der Waals surface area contributed by atoms with Gasteiger partial charge in [0.15, 0.2) is 0 Å². The highest BCUT2D eigenvalue weighted by atomic mass is 16.5. The zero-order valence-corrected chi connectivity index (χ0v) is 11.4. The Morgan fingerprint density at radius 2 is 2.11 bits per heavy atom. The molecule has 3 heteroatoms. The molecule has 0 saturated carbocycles. The van der Waals surface area contributed by atoms with Crippen molar-refractivity contribution in [3.63, 3.8) is 0 Å². The number of nitrogens with zero attached hydrogens (tertiary/aromatic N) is 2. The third-order valence-electron chi connectivity index (χ3n) is 3.50. The number of aryl methyl sites for hydroxylation is 2. The van der Waals surface area contributed by atoms with Gasteiger partial charge in [0, 0.05) is 24.5 Å². The predicted molar refractivity (Wildman–Crippen MR) is 77.3 cm³/mol. The maximum atomic E-state index is 5.73. The maximum absolute atomic E-state index is 5.73. The minimum Gasteiger partial charge on any atom is -0.493 e. The lowest BCUT2D eigenvalue weighted by molar-refractivity contribution is 0.288. The molecule has 98 valence electrons. The van der Waals surface area contributed by atoms with E-state index in [0.29, 0.717) is 0 Å². The van der Waals surface area contributed by atoms with Crippen LogP contribution in [0.3, 0.4) is 0 Å². The second-order valence-electron chi connectivity index (χ2n) is 4.94. The number of ether oxygens (including phenoxy) is 1. The van der Waals surface area contributed by atoms with Gasteiger partial charge < -0.3 is 9.64 Å². The first kappa shape index (κ1) is 12.0. The summed E-state index contributed by atoms with van der Waals surface area (Å²) in [6.07, 6.45) is 2.23. The summed E-state index contributed by atoms with van der Waals surface area (Å²) in [5.41, 5.74) is 3.44. The van der Waals surface area contributed by atoms with Gasteiger partial charge in [0.2, 0.25) is 0 Å². The van der Waals surface area contributed by atoms with Crippen molar-refractivity contribution in [2.75, 3.05) is 18.6 Å². The Balaban J connectivity index is 1.93. The van der Waals surface area contributed by atoms with Gasteiger partial charge in [0.1, 0.15) is 11.6 Å². The maximum Gasteiger partial charge on any atom is 0.132 e. The third-order valence-corrected chi connectivity index (χ3v) is 3.50. The first-order chi connectivity index (χ1) is 9.24. The Labute approximate surface area is 113 Å². The molecule has 19 heavy (non-hydrogen) atoms. The highest BCUT2D eigenvalue weighted by Crippen LogP contribution is 2.31.